The highest BCUT2D eigenvalue weighted by Gasteiger charge is 2.12. The normalized spacial score (nSPS) is 11.7. The van der Waals surface area contributed by atoms with Crippen LogP contribution < -0.4 is 4.74 Å². The molecule has 0 aliphatic rings. The topological polar surface area (TPSA) is 55.8 Å². The first-order chi connectivity index (χ1) is 9.70. The summed E-state index contributed by atoms with van der Waals surface area (Å²) in [6.07, 6.45) is -0.821. The molecule has 0 spiro atoms. The number of hydrogen-bond acceptors (Lipinski definition) is 4. The summed E-state index contributed by atoms with van der Waals surface area (Å²) in [5, 5.41) is 9.90. The molecule has 0 heterocycles. The average molecular weight is 272 g/mol. The molecule has 0 saturated heterocycles. The summed E-state index contributed by atoms with van der Waals surface area (Å²) in [4.78, 5) is 11.8. The first-order valence-electron chi connectivity index (χ1n) is 6.25. The van der Waals surface area contributed by atoms with Crippen molar-refractivity contribution in [2.24, 2.45) is 0 Å². The molecule has 2 rings (SSSR count). The van der Waals surface area contributed by atoms with Crippen molar-refractivity contribution in [3.05, 3.63) is 65.7 Å². The Morgan fingerprint density at radius 1 is 1.10 bits per heavy atom. The van der Waals surface area contributed by atoms with E-state index >= 15 is 0 Å². The van der Waals surface area contributed by atoms with Gasteiger partial charge in [-0.25, -0.2) is 4.79 Å². The number of carbonyl (C=O) groups is 1. The van der Waals surface area contributed by atoms with Crippen LogP contribution in [0.25, 0.3) is 0 Å². The molecule has 2 aromatic carbocycles. The highest BCUT2D eigenvalue weighted by atomic mass is 16.5. The standard InChI is InChI=1S/C16H16O4/c1-19-14-9-7-13(8-10-14)16(18)20-11-15(17)12-5-3-2-4-6-12/h2-10,15,17H,11H2,1H3/t15-/m0/s1. The summed E-state index contributed by atoms with van der Waals surface area (Å²) < 4.78 is 10.1. The van der Waals surface area contributed by atoms with Crippen LogP contribution in [0.15, 0.2) is 54.6 Å². The second kappa shape index (κ2) is 6.73. The molecule has 1 N–H and O–H groups in total. The van der Waals surface area contributed by atoms with Crippen LogP contribution in [0, 0.1) is 0 Å². The lowest BCUT2D eigenvalue weighted by Gasteiger charge is -2.11. The SMILES string of the molecule is COc1ccc(C(=O)OC[C@H](O)c2ccccc2)cc1. The number of esters is 1. The van der Waals surface area contributed by atoms with Crippen molar-refractivity contribution >= 4 is 5.97 Å². The van der Waals surface area contributed by atoms with Crippen molar-refractivity contribution in [3.8, 4) is 5.75 Å². The highest BCUT2D eigenvalue weighted by Crippen LogP contribution is 2.15. The molecule has 0 saturated carbocycles. The maximum absolute atomic E-state index is 11.8. The number of aliphatic hydroxyl groups is 1. The number of hydrogen-bond donors (Lipinski definition) is 1. The minimum atomic E-state index is -0.821. The molecule has 4 heteroatoms. The van der Waals surface area contributed by atoms with Crippen LogP contribution in [0.3, 0.4) is 0 Å². The van der Waals surface area contributed by atoms with Gasteiger partial charge >= 0.3 is 5.97 Å². The fraction of sp³-hybridized carbons (Fsp3) is 0.188. The van der Waals surface area contributed by atoms with Crippen LogP contribution >= 0.6 is 0 Å². The van der Waals surface area contributed by atoms with E-state index in [9.17, 15) is 9.90 Å². The molecule has 0 fully saturated rings. The number of ether oxygens (including phenoxy) is 2. The molecule has 0 amide bonds. The maximum atomic E-state index is 11.8. The Labute approximate surface area is 117 Å². The Hall–Kier alpha value is -2.33. The number of methoxy groups -OCH3 is 1. The summed E-state index contributed by atoms with van der Waals surface area (Å²) in [5.74, 6) is 0.202. The van der Waals surface area contributed by atoms with Gasteiger partial charge in [-0.2, -0.15) is 0 Å². The van der Waals surface area contributed by atoms with E-state index in [-0.39, 0.29) is 6.61 Å². The smallest absolute Gasteiger partial charge is 0.338 e. The van der Waals surface area contributed by atoms with Gasteiger partial charge in [0.25, 0.3) is 0 Å². The van der Waals surface area contributed by atoms with Crippen molar-refractivity contribution in [1.82, 2.24) is 0 Å². The summed E-state index contributed by atoms with van der Waals surface area (Å²) >= 11 is 0. The second-order valence-electron chi connectivity index (χ2n) is 4.25. The Morgan fingerprint density at radius 2 is 1.75 bits per heavy atom. The first-order valence-corrected chi connectivity index (χ1v) is 6.25. The zero-order chi connectivity index (χ0) is 14.4. The molecular formula is C16H16O4. The molecule has 20 heavy (non-hydrogen) atoms. The molecule has 1 atom stereocenters. The van der Waals surface area contributed by atoms with Crippen LogP contribution in [0.5, 0.6) is 5.75 Å². The van der Waals surface area contributed by atoms with Crippen molar-refractivity contribution < 1.29 is 19.4 Å². The van der Waals surface area contributed by atoms with Gasteiger partial charge in [-0.3, -0.25) is 0 Å². The molecule has 4 nitrogen and oxygen atoms in total. The lowest BCUT2D eigenvalue weighted by Crippen LogP contribution is -2.12. The fourth-order valence-electron chi connectivity index (χ4n) is 1.74. The van der Waals surface area contributed by atoms with Crippen LogP contribution in [-0.4, -0.2) is 24.8 Å². The summed E-state index contributed by atoms with van der Waals surface area (Å²) in [5.41, 5.74) is 1.14. The third-order valence-corrected chi connectivity index (χ3v) is 2.88. The predicted octanol–water partition coefficient (Wildman–Crippen LogP) is 2.59. The van der Waals surface area contributed by atoms with Gasteiger partial charge in [0.15, 0.2) is 0 Å². The van der Waals surface area contributed by atoms with Gasteiger partial charge in [0.2, 0.25) is 0 Å². The fourth-order valence-corrected chi connectivity index (χ4v) is 1.74. The Bertz CT molecular complexity index is 548. The summed E-state index contributed by atoms with van der Waals surface area (Å²) in [7, 11) is 1.56. The van der Waals surface area contributed by atoms with Crippen LogP contribution in [0.1, 0.15) is 22.0 Å². The van der Waals surface area contributed by atoms with E-state index in [2.05, 4.69) is 0 Å². The van der Waals surface area contributed by atoms with E-state index in [0.29, 0.717) is 11.3 Å². The van der Waals surface area contributed by atoms with Gasteiger partial charge in [0.1, 0.15) is 18.5 Å². The molecule has 0 radical (unpaired) electrons. The van der Waals surface area contributed by atoms with E-state index in [1.807, 2.05) is 18.2 Å². The quantitative estimate of drug-likeness (QED) is 0.850. The van der Waals surface area contributed by atoms with Gasteiger partial charge in [0, 0.05) is 0 Å². The van der Waals surface area contributed by atoms with Crippen molar-refractivity contribution in [2.45, 2.75) is 6.10 Å². The highest BCUT2D eigenvalue weighted by molar-refractivity contribution is 5.89. The Balaban J connectivity index is 1.91. The molecule has 104 valence electrons. The van der Waals surface area contributed by atoms with Gasteiger partial charge in [-0.1, -0.05) is 30.3 Å². The Kier molecular flexibility index (Phi) is 4.74. The number of aliphatic hydroxyl groups excluding tert-OH is 1. The molecular weight excluding hydrogens is 256 g/mol. The van der Waals surface area contributed by atoms with Crippen molar-refractivity contribution in [3.63, 3.8) is 0 Å². The lowest BCUT2D eigenvalue weighted by atomic mass is 10.1. The largest absolute Gasteiger partial charge is 0.497 e. The minimum Gasteiger partial charge on any atom is -0.497 e. The van der Waals surface area contributed by atoms with Crippen LogP contribution in [0.2, 0.25) is 0 Å². The van der Waals surface area contributed by atoms with Crippen LogP contribution in [-0.2, 0) is 4.74 Å². The zero-order valence-electron chi connectivity index (χ0n) is 11.2. The lowest BCUT2D eigenvalue weighted by molar-refractivity contribution is 0.0254. The number of benzene rings is 2. The molecule has 0 aliphatic heterocycles. The molecule has 0 bridgehead atoms. The van der Waals surface area contributed by atoms with Gasteiger partial charge < -0.3 is 14.6 Å². The monoisotopic (exact) mass is 272 g/mol. The Morgan fingerprint density at radius 3 is 2.35 bits per heavy atom. The van der Waals surface area contributed by atoms with Crippen molar-refractivity contribution in [2.75, 3.05) is 13.7 Å². The van der Waals surface area contributed by atoms with E-state index in [0.717, 1.165) is 5.56 Å². The molecule has 0 aromatic heterocycles. The van der Waals surface area contributed by atoms with Gasteiger partial charge in [0.05, 0.1) is 12.7 Å². The van der Waals surface area contributed by atoms with E-state index in [4.69, 9.17) is 9.47 Å². The molecule has 0 aliphatic carbocycles. The van der Waals surface area contributed by atoms with E-state index in [1.54, 1.807) is 43.5 Å². The maximum Gasteiger partial charge on any atom is 0.338 e. The average Bonchev–Trinajstić information content (AvgIpc) is 2.53. The van der Waals surface area contributed by atoms with Gasteiger partial charge in [-0.15, -0.1) is 0 Å². The van der Waals surface area contributed by atoms with Crippen molar-refractivity contribution in [1.29, 1.82) is 0 Å². The second-order valence-corrected chi connectivity index (χ2v) is 4.25. The summed E-state index contributed by atoms with van der Waals surface area (Å²) in [6, 6.07) is 15.7. The molecule has 0 unspecified atom stereocenters. The third-order valence-electron chi connectivity index (χ3n) is 2.88. The van der Waals surface area contributed by atoms with Crippen LogP contribution in [0.4, 0.5) is 0 Å². The van der Waals surface area contributed by atoms with E-state index in [1.165, 1.54) is 0 Å². The predicted molar refractivity (Wildman–Crippen MR) is 74.7 cm³/mol. The minimum absolute atomic E-state index is 0.0745. The molecule has 2 aromatic rings. The number of carbonyl (C=O) groups excluding carboxylic acids is 1. The third kappa shape index (κ3) is 3.59. The number of rotatable bonds is 5. The van der Waals surface area contributed by atoms with E-state index < -0.39 is 12.1 Å². The zero-order valence-corrected chi connectivity index (χ0v) is 11.2. The van der Waals surface area contributed by atoms with Gasteiger partial charge in [-0.05, 0) is 29.8 Å². The summed E-state index contributed by atoms with van der Waals surface area (Å²) in [6.45, 7) is -0.0745. The first kappa shape index (κ1) is 14.1.